The number of benzene rings is 2. The third kappa shape index (κ3) is 3.69. The molecule has 146 valence electrons. The minimum absolute atomic E-state index is 0.0979. The normalized spacial score (nSPS) is 26.2. The summed E-state index contributed by atoms with van der Waals surface area (Å²) in [6.45, 7) is 6.77. The van der Waals surface area contributed by atoms with Gasteiger partial charge in [-0.25, -0.2) is 13.1 Å². The third-order valence-corrected chi connectivity index (χ3v) is 6.93. The van der Waals surface area contributed by atoms with E-state index in [9.17, 15) is 8.42 Å². The van der Waals surface area contributed by atoms with Crippen LogP contribution in [-0.4, -0.2) is 57.8 Å². The molecule has 0 aliphatic carbocycles. The number of ether oxygens (including phenoxy) is 2. The molecule has 0 unspecified atom stereocenters. The number of hydrogen-bond acceptors (Lipinski definition) is 5. The van der Waals surface area contributed by atoms with Crippen molar-refractivity contribution in [2.24, 2.45) is 0 Å². The zero-order valence-electron chi connectivity index (χ0n) is 15.7. The fourth-order valence-electron chi connectivity index (χ4n) is 4.17. The number of morpholine rings is 1. The molecule has 0 radical (unpaired) electrons. The van der Waals surface area contributed by atoms with Crippen molar-refractivity contribution in [3.63, 3.8) is 0 Å². The first-order valence-corrected chi connectivity index (χ1v) is 11.0. The molecule has 0 amide bonds. The highest BCUT2D eigenvalue weighted by molar-refractivity contribution is 7.89. The van der Waals surface area contributed by atoms with E-state index in [-0.39, 0.29) is 12.1 Å². The van der Waals surface area contributed by atoms with Gasteiger partial charge in [-0.3, -0.25) is 4.90 Å². The van der Waals surface area contributed by atoms with Crippen molar-refractivity contribution >= 4 is 20.8 Å². The van der Waals surface area contributed by atoms with E-state index in [0.29, 0.717) is 35.3 Å². The van der Waals surface area contributed by atoms with E-state index in [1.807, 2.05) is 31.2 Å². The van der Waals surface area contributed by atoms with Crippen LogP contribution >= 0.6 is 0 Å². The summed E-state index contributed by atoms with van der Waals surface area (Å²) < 4.78 is 40.6. The maximum atomic E-state index is 13.1. The Morgan fingerprint density at radius 1 is 1.19 bits per heavy atom. The monoisotopic (exact) mass is 390 g/mol. The van der Waals surface area contributed by atoms with Crippen LogP contribution in [0.1, 0.15) is 20.3 Å². The number of fused-ring (bicyclic) bond motifs is 2. The quantitative estimate of drug-likeness (QED) is 0.849. The van der Waals surface area contributed by atoms with Crippen molar-refractivity contribution in [2.45, 2.75) is 43.4 Å². The summed E-state index contributed by atoms with van der Waals surface area (Å²) in [6.07, 6.45) is 0.979. The van der Waals surface area contributed by atoms with E-state index in [0.717, 1.165) is 24.9 Å². The molecule has 2 aliphatic rings. The van der Waals surface area contributed by atoms with Crippen LogP contribution in [0.3, 0.4) is 0 Å². The summed E-state index contributed by atoms with van der Waals surface area (Å²) in [4.78, 5) is 2.63. The van der Waals surface area contributed by atoms with Crippen LogP contribution < -0.4 is 9.46 Å². The van der Waals surface area contributed by atoms with Crippen LogP contribution in [0.15, 0.2) is 41.3 Å². The molecule has 7 heteroatoms. The first kappa shape index (κ1) is 18.7. The lowest BCUT2D eigenvalue weighted by molar-refractivity contribution is -0.0390. The van der Waals surface area contributed by atoms with Crippen LogP contribution in [-0.2, 0) is 14.8 Å². The largest absolute Gasteiger partial charge is 0.493 e. The predicted octanol–water partition coefficient (Wildman–Crippen LogP) is 2.38. The number of rotatable bonds is 5. The second-order valence-electron chi connectivity index (χ2n) is 7.35. The maximum Gasteiger partial charge on any atom is 0.241 e. The lowest BCUT2D eigenvalue weighted by Gasteiger charge is -2.33. The Hall–Kier alpha value is -1.67. The van der Waals surface area contributed by atoms with Gasteiger partial charge >= 0.3 is 0 Å². The second-order valence-corrected chi connectivity index (χ2v) is 9.03. The van der Waals surface area contributed by atoms with Crippen molar-refractivity contribution in [1.82, 2.24) is 9.62 Å². The minimum Gasteiger partial charge on any atom is -0.493 e. The molecule has 0 saturated carbocycles. The van der Waals surface area contributed by atoms with Crippen LogP contribution in [0.4, 0.5) is 0 Å². The van der Waals surface area contributed by atoms with Gasteiger partial charge in [0, 0.05) is 35.9 Å². The first-order valence-electron chi connectivity index (χ1n) is 9.50. The molecule has 27 heavy (non-hydrogen) atoms. The zero-order chi connectivity index (χ0) is 19.0. The number of sulfonamides is 1. The number of nitrogens with zero attached hydrogens (tertiary/aromatic N) is 1. The van der Waals surface area contributed by atoms with Gasteiger partial charge in [-0.1, -0.05) is 24.3 Å². The fourth-order valence-corrected chi connectivity index (χ4v) is 5.62. The molecule has 2 aliphatic heterocycles. The highest BCUT2D eigenvalue weighted by atomic mass is 32.2. The van der Waals surface area contributed by atoms with E-state index in [2.05, 4.69) is 16.5 Å². The van der Waals surface area contributed by atoms with Gasteiger partial charge in [0.1, 0.15) is 5.75 Å². The molecule has 2 heterocycles. The van der Waals surface area contributed by atoms with E-state index in [4.69, 9.17) is 9.47 Å². The lowest BCUT2D eigenvalue weighted by atomic mass is 10.1. The van der Waals surface area contributed by atoms with Gasteiger partial charge in [0.15, 0.2) is 0 Å². The van der Waals surface area contributed by atoms with Gasteiger partial charge in [0.2, 0.25) is 10.0 Å². The summed E-state index contributed by atoms with van der Waals surface area (Å²) in [5, 5.41) is 1.50. The molecule has 2 saturated heterocycles. The molecule has 2 aromatic rings. The molecule has 0 spiro atoms. The van der Waals surface area contributed by atoms with E-state index in [1.54, 1.807) is 12.1 Å². The molecule has 6 nitrogen and oxygen atoms in total. The molecular weight excluding hydrogens is 364 g/mol. The highest BCUT2D eigenvalue weighted by Crippen LogP contribution is 2.32. The van der Waals surface area contributed by atoms with Crippen molar-refractivity contribution in [3.8, 4) is 5.75 Å². The Kier molecular flexibility index (Phi) is 5.11. The molecule has 0 aromatic heterocycles. The fraction of sp³-hybridized carbons (Fsp3) is 0.500. The standard InChI is InChI=1S/C20H26N2O4S/c1-3-25-19-8-9-20(18-7-5-4-6-17(18)19)27(23,24)21-15-10-16-13-26-14(2)11-22(16)12-15/h4-9,14-16,21H,3,10-13H2,1-2H3/t14-,15+,16-/m0/s1. The summed E-state index contributed by atoms with van der Waals surface area (Å²) >= 11 is 0. The Balaban J connectivity index is 1.60. The summed E-state index contributed by atoms with van der Waals surface area (Å²) in [6, 6.07) is 11.1. The Morgan fingerprint density at radius 2 is 1.96 bits per heavy atom. The zero-order valence-corrected chi connectivity index (χ0v) is 16.5. The first-order chi connectivity index (χ1) is 13.0. The van der Waals surface area contributed by atoms with E-state index >= 15 is 0 Å². The average molecular weight is 391 g/mol. The molecule has 2 aromatic carbocycles. The van der Waals surface area contributed by atoms with Crippen LogP contribution in [0.25, 0.3) is 10.8 Å². The maximum absolute atomic E-state index is 13.1. The van der Waals surface area contributed by atoms with Crippen LogP contribution in [0.5, 0.6) is 5.75 Å². The molecule has 3 atom stereocenters. The highest BCUT2D eigenvalue weighted by Gasteiger charge is 2.38. The average Bonchev–Trinajstić information content (AvgIpc) is 3.02. The topological polar surface area (TPSA) is 67.9 Å². The van der Waals surface area contributed by atoms with Gasteiger partial charge in [-0.15, -0.1) is 0 Å². The third-order valence-electron chi connectivity index (χ3n) is 5.35. The van der Waals surface area contributed by atoms with Gasteiger partial charge in [-0.2, -0.15) is 0 Å². The van der Waals surface area contributed by atoms with Gasteiger partial charge in [-0.05, 0) is 32.4 Å². The molecular formula is C20H26N2O4S. The van der Waals surface area contributed by atoms with Crippen molar-refractivity contribution in [3.05, 3.63) is 36.4 Å². The second kappa shape index (κ2) is 7.39. The van der Waals surface area contributed by atoms with Crippen LogP contribution in [0, 0.1) is 0 Å². The minimum atomic E-state index is -3.63. The smallest absolute Gasteiger partial charge is 0.241 e. The number of nitrogens with one attached hydrogen (secondary N) is 1. The molecule has 2 fully saturated rings. The Bertz CT molecular complexity index is 931. The molecule has 0 bridgehead atoms. The van der Waals surface area contributed by atoms with Crippen molar-refractivity contribution in [2.75, 3.05) is 26.3 Å². The lowest BCUT2D eigenvalue weighted by Crippen LogP contribution is -2.45. The van der Waals surface area contributed by atoms with Gasteiger partial charge in [0.25, 0.3) is 0 Å². The SMILES string of the molecule is CCOc1ccc(S(=O)(=O)N[C@@H]2C[C@H]3CO[C@@H](C)CN3C2)c2ccccc12. The predicted molar refractivity (Wildman–Crippen MR) is 105 cm³/mol. The van der Waals surface area contributed by atoms with Crippen LogP contribution in [0.2, 0.25) is 0 Å². The Morgan fingerprint density at radius 3 is 2.74 bits per heavy atom. The molecule has 4 rings (SSSR count). The summed E-state index contributed by atoms with van der Waals surface area (Å²) in [5.74, 6) is 0.705. The van der Waals surface area contributed by atoms with Gasteiger partial charge < -0.3 is 9.47 Å². The summed E-state index contributed by atoms with van der Waals surface area (Å²) in [5.41, 5.74) is 0. The number of hydrogen-bond donors (Lipinski definition) is 1. The van der Waals surface area contributed by atoms with E-state index < -0.39 is 10.0 Å². The molecule has 1 N–H and O–H groups in total. The van der Waals surface area contributed by atoms with Gasteiger partial charge in [0.05, 0.1) is 24.2 Å². The summed E-state index contributed by atoms with van der Waals surface area (Å²) in [7, 11) is -3.63. The van der Waals surface area contributed by atoms with Crippen molar-refractivity contribution in [1.29, 1.82) is 0 Å². The Labute approximate surface area is 160 Å². The van der Waals surface area contributed by atoms with Crippen molar-refractivity contribution < 1.29 is 17.9 Å². The van der Waals surface area contributed by atoms with E-state index in [1.165, 1.54) is 0 Å².